The van der Waals surface area contributed by atoms with Gasteiger partial charge in [-0.25, -0.2) is 9.97 Å². The van der Waals surface area contributed by atoms with Crippen LogP contribution in [0.2, 0.25) is 0 Å². The predicted octanol–water partition coefficient (Wildman–Crippen LogP) is 3.87. The molecule has 1 aromatic rings. The second-order valence-corrected chi connectivity index (χ2v) is 9.15. The van der Waals surface area contributed by atoms with Gasteiger partial charge in [0.05, 0.1) is 5.69 Å². The van der Waals surface area contributed by atoms with E-state index < -0.39 is 0 Å². The van der Waals surface area contributed by atoms with Crippen LogP contribution in [0.5, 0.6) is 0 Å². The minimum atomic E-state index is 0.660. The summed E-state index contributed by atoms with van der Waals surface area (Å²) in [5.74, 6) is 1.23. The number of nitrogens with zero attached hydrogens (tertiary/aromatic N) is 5. The molecule has 3 heterocycles. The topological polar surface area (TPSA) is 35.5 Å². The Morgan fingerprint density at radius 1 is 1.04 bits per heavy atom. The molecule has 1 saturated carbocycles. The van der Waals surface area contributed by atoms with E-state index in [0.29, 0.717) is 6.04 Å². The molecule has 1 unspecified atom stereocenters. The van der Waals surface area contributed by atoms with E-state index >= 15 is 0 Å². The van der Waals surface area contributed by atoms with Gasteiger partial charge in [0.1, 0.15) is 12.1 Å². The Kier molecular flexibility index (Phi) is 6.84. The zero-order chi connectivity index (χ0) is 19.3. The van der Waals surface area contributed by atoms with Crippen molar-refractivity contribution in [2.75, 3.05) is 37.6 Å². The van der Waals surface area contributed by atoms with E-state index in [1.807, 2.05) is 6.33 Å². The van der Waals surface area contributed by atoms with E-state index in [1.54, 1.807) is 0 Å². The number of fused-ring (bicyclic) bond motifs is 1. The average Bonchev–Trinajstić information content (AvgIpc) is 3.28. The quantitative estimate of drug-likeness (QED) is 0.666. The number of unbranched alkanes of at least 4 members (excludes halogenated alkanes) is 2. The molecule has 0 amide bonds. The summed E-state index contributed by atoms with van der Waals surface area (Å²) in [6.45, 7) is 11.5. The Hall–Kier alpha value is -1.20. The lowest BCUT2D eigenvalue weighted by Crippen LogP contribution is -2.50. The number of anilines is 1. The Labute approximate surface area is 171 Å². The van der Waals surface area contributed by atoms with Gasteiger partial charge in [-0.3, -0.25) is 9.80 Å². The number of aromatic nitrogens is 2. The van der Waals surface area contributed by atoms with Crippen molar-refractivity contribution >= 4 is 5.82 Å². The van der Waals surface area contributed by atoms with E-state index in [1.165, 1.54) is 81.5 Å². The van der Waals surface area contributed by atoms with Gasteiger partial charge >= 0.3 is 0 Å². The SMILES string of the molecule is CCCCCC(C)N1CCc2c(ncnc2N2CCN(C3CCCC3)CC2)C1. The number of hydrogen-bond acceptors (Lipinski definition) is 5. The molecule has 1 aromatic heterocycles. The molecule has 5 nitrogen and oxygen atoms in total. The monoisotopic (exact) mass is 385 g/mol. The molecule has 0 aromatic carbocycles. The van der Waals surface area contributed by atoms with Gasteiger partial charge in [0.25, 0.3) is 0 Å². The first kappa shape index (κ1) is 20.1. The van der Waals surface area contributed by atoms with Crippen LogP contribution in [0.4, 0.5) is 5.82 Å². The highest BCUT2D eigenvalue weighted by Crippen LogP contribution is 2.29. The first-order valence-corrected chi connectivity index (χ1v) is 11.8. The first-order chi connectivity index (χ1) is 13.8. The molecule has 0 spiro atoms. The lowest BCUT2D eigenvalue weighted by Gasteiger charge is -2.40. The van der Waals surface area contributed by atoms with Gasteiger partial charge in [-0.15, -0.1) is 0 Å². The van der Waals surface area contributed by atoms with Crippen LogP contribution in [0, 0.1) is 0 Å². The Bertz CT molecular complexity index is 619. The van der Waals surface area contributed by atoms with E-state index in [9.17, 15) is 0 Å². The fourth-order valence-corrected chi connectivity index (χ4v) is 5.45. The molecule has 3 aliphatic rings. The summed E-state index contributed by atoms with van der Waals surface area (Å²) in [5, 5.41) is 0. The van der Waals surface area contributed by atoms with Crippen molar-refractivity contribution in [3.63, 3.8) is 0 Å². The van der Waals surface area contributed by atoms with Crippen LogP contribution < -0.4 is 4.90 Å². The predicted molar refractivity (Wildman–Crippen MR) is 116 cm³/mol. The third-order valence-corrected chi connectivity index (χ3v) is 7.32. The smallest absolute Gasteiger partial charge is 0.135 e. The molecule has 1 aliphatic carbocycles. The summed E-state index contributed by atoms with van der Waals surface area (Å²) in [5.41, 5.74) is 2.70. The maximum atomic E-state index is 4.75. The maximum Gasteiger partial charge on any atom is 0.135 e. The second kappa shape index (κ2) is 9.53. The molecule has 2 fully saturated rings. The molecular formula is C23H39N5. The van der Waals surface area contributed by atoms with Crippen molar-refractivity contribution in [1.82, 2.24) is 19.8 Å². The lowest BCUT2D eigenvalue weighted by atomic mass is 10.0. The maximum absolute atomic E-state index is 4.75. The van der Waals surface area contributed by atoms with E-state index in [-0.39, 0.29) is 0 Å². The summed E-state index contributed by atoms with van der Waals surface area (Å²) < 4.78 is 0. The molecule has 0 radical (unpaired) electrons. The molecule has 156 valence electrons. The van der Waals surface area contributed by atoms with Gasteiger partial charge in [-0.2, -0.15) is 0 Å². The van der Waals surface area contributed by atoms with Gasteiger partial charge in [0.15, 0.2) is 0 Å². The van der Waals surface area contributed by atoms with Crippen LogP contribution >= 0.6 is 0 Å². The normalized spacial score (nSPS) is 23.1. The highest BCUT2D eigenvalue weighted by Gasteiger charge is 2.29. The fourth-order valence-electron chi connectivity index (χ4n) is 5.45. The third-order valence-electron chi connectivity index (χ3n) is 7.32. The van der Waals surface area contributed by atoms with Gasteiger partial charge in [-0.1, -0.05) is 39.0 Å². The van der Waals surface area contributed by atoms with Crippen LogP contribution in [0.1, 0.15) is 76.5 Å². The van der Waals surface area contributed by atoms with Crippen LogP contribution in [0.3, 0.4) is 0 Å². The third kappa shape index (κ3) is 4.51. The highest BCUT2D eigenvalue weighted by atomic mass is 15.3. The molecule has 28 heavy (non-hydrogen) atoms. The van der Waals surface area contributed by atoms with Crippen molar-refractivity contribution in [3.05, 3.63) is 17.6 Å². The number of rotatable bonds is 7. The van der Waals surface area contributed by atoms with Crippen molar-refractivity contribution in [2.24, 2.45) is 0 Å². The van der Waals surface area contributed by atoms with Crippen LogP contribution in [0.25, 0.3) is 0 Å². The number of piperazine rings is 1. The average molecular weight is 386 g/mol. The molecule has 1 atom stereocenters. The van der Waals surface area contributed by atoms with E-state index in [4.69, 9.17) is 9.97 Å². The summed E-state index contributed by atoms with van der Waals surface area (Å²) in [4.78, 5) is 17.3. The van der Waals surface area contributed by atoms with Gasteiger partial charge < -0.3 is 4.90 Å². The lowest BCUT2D eigenvalue weighted by molar-refractivity contribution is 0.175. The first-order valence-electron chi connectivity index (χ1n) is 11.8. The van der Waals surface area contributed by atoms with E-state index in [2.05, 4.69) is 28.5 Å². The standard InChI is InChI=1S/C23H39N5/c1-3-4-5-8-19(2)28-12-11-21-22(17-28)24-18-25-23(21)27-15-13-26(14-16-27)20-9-6-7-10-20/h18-20H,3-17H2,1-2H3. The summed E-state index contributed by atoms with van der Waals surface area (Å²) in [6.07, 6.45) is 13.9. The summed E-state index contributed by atoms with van der Waals surface area (Å²) >= 11 is 0. The molecule has 4 rings (SSSR count). The zero-order valence-electron chi connectivity index (χ0n) is 18.1. The van der Waals surface area contributed by atoms with Gasteiger partial charge in [0.2, 0.25) is 0 Å². The zero-order valence-corrected chi connectivity index (χ0v) is 18.1. The van der Waals surface area contributed by atoms with Gasteiger partial charge in [-0.05, 0) is 32.6 Å². The highest BCUT2D eigenvalue weighted by molar-refractivity contribution is 5.50. The largest absolute Gasteiger partial charge is 0.354 e. The summed E-state index contributed by atoms with van der Waals surface area (Å²) in [7, 11) is 0. The van der Waals surface area contributed by atoms with Crippen molar-refractivity contribution in [3.8, 4) is 0 Å². The van der Waals surface area contributed by atoms with Crippen molar-refractivity contribution < 1.29 is 0 Å². The minimum absolute atomic E-state index is 0.660. The molecule has 0 bridgehead atoms. The van der Waals surface area contributed by atoms with Crippen LogP contribution in [0.15, 0.2) is 6.33 Å². The van der Waals surface area contributed by atoms with Crippen molar-refractivity contribution in [1.29, 1.82) is 0 Å². The Morgan fingerprint density at radius 3 is 2.57 bits per heavy atom. The molecule has 0 N–H and O–H groups in total. The molecule has 1 saturated heterocycles. The Balaban J connectivity index is 1.37. The second-order valence-electron chi connectivity index (χ2n) is 9.15. The molecule has 5 heteroatoms. The van der Waals surface area contributed by atoms with Crippen LogP contribution in [-0.2, 0) is 13.0 Å². The molecular weight excluding hydrogens is 346 g/mol. The fraction of sp³-hybridized carbons (Fsp3) is 0.826. The number of hydrogen-bond donors (Lipinski definition) is 0. The summed E-state index contributed by atoms with van der Waals surface area (Å²) in [6, 6.07) is 1.51. The minimum Gasteiger partial charge on any atom is -0.354 e. The van der Waals surface area contributed by atoms with Gasteiger partial charge in [0, 0.05) is 56.9 Å². The van der Waals surface area contributed by atoms with Crippen molar-refractivity contribution in [2.45, 2.75) is 90.3 Å². The van der Waals surface area contributed by atoms with E-state index in [0.717, 1.165) is 38.6 Å². The van der Waals surface area contributed by atoms with Crippen LogP contribution in [-0.4, -0.2) is 64.6 Å². The Morgan fingerprint density at radius 2 is 1.82 bits per heavy atom. The molecule has 2 aliphatic heterocycles.